The predicted molar refractivity (Wildman–Crippen MR) is 72.0 cm³/mol. The first kappa shape index (κ1) is 15.2. The monoisotopic (exact) mass is 304 g/mol. The normalized spacial score (nSPS) is 26.1. The summed E-state index contributed by atoms with van der Waals surface area (Å²) in [6.45, 7) is 0.711. The molecule has 1 saturated heterocycles. The number of nitrogens with zero attached hydrogens (tertiary/aromatic N) is 1. The van der Waals surface area contributed by atoms with Crippen molar-refractivity contribution >= 4 is 21.7 Å². The van der Waals surface area contributed by atoms with Gasteiger partial charge in [-0.2, -0.15) is 0 Å². The zero-order valence-electron chi connectivity index (χ0n) is 11.2. The van der Waals surface area contributed by atoms with Crippen molar-refractivity contribution in [2.24, 2.45) is 0 Å². The zero-order chi connectivity index (χ0) is 14.8. The number of carboxylic acid groups (broad SMARTS) is 1. The van der Waals surface area contributed by atoms with Gasteiger partial charge >= 0.3 is 5.97 Å². The summed E-state index contributed by atoms with van der Waals surface area (Å²) >= 11 is 0. The molecule has 1 saturated carbocycles. The Morgan fingerprint density at radius 3 is 2.60 bits per heavy atom. The molecule has 0 radical (unpaired) electrons. The highest BCUT2D eigenvalue weighted by molar-refractivity contribution is 7.91. The van der Waals surface area contributed by atoms with Gasteiger partial charge in [0.2, 0.25) is 5.91 Å². The maximum absolute atomic E-state index is 11.6. The number of carboxylic acids is 1. The Kier molecular flexibility index (Phi) is 4.64. The molecule has 7 nitrogen and oxygen atoms in total. The molecule has 20 heavy (non-hydrogen) atoms. The number of carbonyl (C=O) groups excluding carboxylic acids is 1. The van der Waals surface area contributed by atoms with E-state index >= 15 is 0 Å². The lowest BCUT2D eigenvalue weighted by atomic mass is 10.2. The van der Waals surface area contributed by atoms with E-state index in [-0.39, 0.29) is 30.3 Å². The van der Waals surface area contributed by atoms with Gasteiger partial charge in [-0.05, 0) is 12.8 Å². The summed E-state index contributed by atoms with van der Waals surface area (Å²) in [6, 6.07) is -0.223. The fourth-order valence-electron chi connectivity index (χ4n) is 2.38. The number of hydrogen-bond acceptors (Lipinski definition) is 5. The number of nitrogens with one attached hydrogen (secondary N) is 1. The third-order valence-electron chi connectivity index (χ3n) is 3.63. The highest BCUT2D eigenvalue weighted by atomic mass is 32.2. The first-order valence-electron chi connectivity index (χ1n) is 6.81. The summed E-state index contributed by atoms with van der Waals surface area (Å²) in [4.78, 5) is 24.2. The van der Waals surface area contributed by atoms with Crippen molar-refractivity contribution in [1.82, 2.24) is 10.2 Å². The second-order valence-electron chi connectivity index (χ2n) is 5.49. The van der Waals surface area contributed by atoms with Crippen LogP contribution in [0, 0.1) is 0 Å². The van der Waals surface area contributed by atoms with E-state index in [1.807, 2.05) is 4.90 Å². The minimum Gasteiger partial charge on any atom is -0.481 e. The van der Waals surface area contributed by atoms with Crippen LogP contribution < -0.4 is 5.32 Å². The fraction of sp³-hybridized carbons (Fsp3) is 0.833. The van der Waals surface area contributed by atoms with Gasteiger partial charge in [0.25, 0.3) is 0 Å². The van der Waals surface area contributed by atoms with E-state index in [4.69, 9.17) is 5.11 Å². The van der Waals surface area contributed by atoms with E-state index in [9.17, 15) is 18.0 Å². The van der Waals surface area contributed by atoms with E-state index in [1.165, 1.54) is 0 Å². The lowest BCUT2D eigenvalue weighted by molar-refractivity contribution is -0.138. The van der Waals surface area contributed by atoms with Gasteiger partial charge in [-0.25, -0.2) is 8.42 Å². The van der Waals surface area contributed by atoms with Crippen LogP contribution in [0.2, 0.25) is 0 Å². The van der Waals surface area contributed by atoms with Crippen molar-refractivity contribution in [2.45, 2.75) is 37.8 Å². The van der Waals surface area contributed by atoms with Crippen LogP contribution in [0.25, 0.3) is 0 Å². The molecule has 2 N–H and O–H groups in total. The van der Waals surface area contributed by atoms with Gasteiger partial charge in [0, 0.05) is 31.6 Å². The Hall–Kier alpha value is -1.15. The van der Waals surface area contributed by atoms with Crippen molar-refractivity contribution in [2.75, 3.05) is 24.6 Å². The highest BCUT2D eigenvalue weighted by Gasteiger charge is 2.33. The average molecular weight is 304 g/mol. The predicted octanol–water partition coefficient (Wildman–Crippen LogP) is -0.771. The van der Waals surface area contributed by atoms with Crippen molar-refractivity contribution in [3.05, 3.63) is 0 Å². The van der Waals surface area contributed by atoms with Crippen LogP contribution in [0.15, 0.2) is 0 Å². The second-order valence-corrected chi connectivity index (χ2v) is 7.72. The summed E-state index contributed by atoms with van der Waals surface area (Å²) < 4.78 is 23.2. The van der Waals surface area contributed by atoms with Crippen LogP contribution in [0.4, 0.5) is 0 Å². The molecule has 1 aliphatic heterocycles. The van der Waals surface area contributed by atoms with Crippen LogP contribution >= 0.6 is 0 Å². The summed E-state index contributed by atoms with van der Waals surface area (Å²) in [5, 5.41) is 11.7. The van der Waals surface area contributed by atoms with Crippen molar-refractivity contribution < 1.29 is 23.1 Å². The minimum absolute atomic E-state index is 0.0351. The smallest absolute Gasteiger partial charge is 0.304 e. The Morgan fingerprint density at radius 1 is 1.30 bits per heavy atom. The van der Waals surface area contributed by atoms with Gasteiger partial charge in [-0.3, -0.25) is 14.5 Å². The largest absolute Gasteiger partial charge is 0.481 e. The van der Waals surface area contributed by atoms with Gasteiger partial charge in [-0.15, -0.1) is 0 Å². The Morgan fingerprint density at radius 2 is 2.00 bits per heavy atom. The van der Waals surface area contributed by atoms with Crippen molar-refractivity contribution in [1.29, 1.82) is 0 Å². The van der Waals surface area contributed by atoms with E-state index in [0.717, 1.165) is 12.8 Å². The van der Waals surface area contributed by atoms with Crippen LogP contribution in [-0.4, -0.2) is 67.0 Å². The molecule has 2 aliphatic rings. The summed E-state index contributed by atoms with van der Waals surface area (Å²) in [6.07, 6.45) is 2.13. The minimum atomic E-state index is -3.16. The van der Waals surface area contributed by atoms with E-state index < -0.39 is 21.8 Å². The van der Waals surface area contributed by atoms with Crippen LogP contribution in [0.5, 0.6) is 0 Å². The topological polar surface area (TPSA) is 104 Å². The highest BCUT2D eigenvalue weighted by Crippen LogP contribution is 2.19. The average Bonchev–Trinajstić information content (AvgIpc) is 3.10. The molecule has 1 unspecified atom stereocenters. The van der Waals surface area contributed by atoms with Gasteiger partial charge in [-0.1, -0.05) is 0 Å². The summed E-state index contributed by atoms with van der Waals surface area (Å²) in [7, 11) is -3.16. The SMILES string of the molecule is O=C(O)CC1CS(=O)(=O)CCN1CCC(=O)NC1CC1. The van der Waals surface area contributed by atoms with Crippen LogP contribution in [0.1, 0.15) is 25.7 Å². The summed E-state index contributed by atoms with van der Waals surface area (Å²) in [5.74, 6) is -1.16. The first-order chi connectivity index (χ1) is 9.35. The third-order valence-corrected chi connectivity index (χ3v) is 5.33. The van der Waals surface area contributed by atoms with Gasteiger partial charge in [0.05, 0.1) is 17.9 Å². The molecule has 2 fully saturated rings. The van der Waals surface area contributed by atoms with Gasteiger partial charge in [0.1, 0.15) is 0 Å². The number of aliphatic carboxylic acids is 1. The Bertz CT molecular complexity index is 486. The second kappa shape index (κ2) is 6.09. The molecule has 2 rings (SSSR count). The number of rotatable bonds is 6. The first-order valence-corrected chi connectivity index (χ1v) is 8.63. The zero-order valence-corrected chi connectivity index (χ0v) is 12.1. The molecule has 0 spiro atoms. The number of carbonyl (C=O) groups is 2. The standard InChI is InChI=1S/C12H20N2O5S/c15-11(13-9-1-2-9)3-4-14-5-6-20(18,19)8-10(14)7-12(16)17/h9-10H,1-8H2,(H,13,15)(H,16,17). The van der Waals surface area contributed by atoms with Crippen molar-refractivity contribution in [3.63, 3.8) is 0 Å². The molecular formula is C12H20N2O5S. The van der Waals surface area contributed by atoms with Crippen LogP contribution in [-0.2, 0) is 19.4 Å². The molecule has 1 atom stereocenters. The number of hydrogen-bond donors (Lipinski definition) is 2. The summed E-state index contributed by atoms with van der Waals surface area (Å²) in [5.41, 5.74) is 0. The maximum atomic E-state index is 11.6. The quantitative estimate of drug-likeness (QED) is 0.668. The third kappa shape index (κ3) is 4.75. The van der Waals surface area contributed by atoms with E-state index in [0.29, 0.717) is 19.1 Å². The molecule has 1 aliphatic carbocycles. The lowest BCUT2D eigenvalue weighted by Crippen LogP contribution is -2.50. The molecule has 1 heterocycles. The van der Waals surface area contributed by atoms with Crippen LogP contribution in [0.3, 0.4) is 0 Å². The van der Waals surface area contributed by atoms with Gasteiger partial charge in [0.15, 0.2) is 9.84 Å². The molecule has 0 aromatic rings. The lowest BCUT2D eigenvalue weighted by Gasteiger charge is -2.34. The molecule has 114 valence electrons. The Labute approximate surface area is 118 Å². The molecule has 0 aromatic heterocycles. The van der Waals surface area contributed by atoms with Crippen molar-refractivity contribution in [3.8, 4) is 0 Å². The molecule has 0 aromatic carbocycles. The molecule has 8 heteroatoms. The molecular weight excluding hydrogens is 284 g/mol. The van der Waals surface area contributed by atoms with E-state index in [2.05, 4.69) is 5.32 Å². The number of sulfone groups is 1. The fourth-order valence-corrected chi connectivity index (χ4v) is 3.97. The Balaban J connectivity index is 1.86. The van der Waals surface area contributed by atoms with E-state index in [1.54, 1.807) is 0 Å². The molecule has 1 amide bonds. The number of amides is 1. The molecule has 0 bridgehead atoms. The van der Waals surface area contributed by atoms with Gasteiger partial charge < -0.3 is 10.4 Å². The maximum Gasteiger partial charge on any atom is 0.304 e.